The van der Waals surface area contributed by atoms with Crippen LogP contribution in [0.2, 0.25) is 0 Å². The molecule has 1 aromatic heterocycles. The number of methoxy groups -OCH3 is 1. The molecule has 0 saturated heterocycles. The Morgan fingerprint density at radius 2 is 2.23 bits per heavy atom. The summed E-state index contributed by atoms with van der Waals surface area (Å²) < 4.78 is 6.85. The fraction of sp³-hybridized carbons (Fsp3) is 0.750. The zero-order valence-electron chi connectivity index (χ0n) is 8.32. The fourth-order valence-corrected chi connectivity index (χ4v) is 1.12. The maximum Gasteiger partial charge on any atom is 0.149 e. The SMILES string of the molecule is COCCC(N)c1nnc(C)n1C. The summed E-state index contributed by atoms with van der Waals surface area (Å²) >= 11 is 0. The summed E-state index contributed by atoms with van der Waals surface area (Å²) in [6.07, 6.45) is 0.766. The Morgan fingerprint density at radius 1 is 1.54 bits per heavy atom. The number of ether oxygens (including phenoxy) is 1. The van der Waals surface area contributed by atoms with Crippen LogP contribution in [0.25, 0.3) is 0 Å². The van der Waals surface area contributed by atoms with Gasteiger partial charge in [-0.2, -0.15) is 0 Å². The molecule has 0 amide bonds. The van der Waals surface area contributed by atoms with Crippen molar-refractivity contribution in [3.8, 4) is 0 Å². The van der Waals surface area contributed by atoms with Crippen molar-refractivity contribution < 1.29 is 4.74 Å². The minimum atomic E-state index is -0.0915. The normalized spacial score (nSPS) is 13.2. The van der Waals surface area contributed by atoms with Crippen molar-refractivity contribution in [2.24, 2.45) is 12.8 Å². The van der Waals surface area contributed by atoms with Gasteiger partial charge in [-0.15, -0.1) is 10.2 Å². The molecule has 1 rings (SSSR count). The molecule has 0 aromatic carbocycles. The largest absolute Gasteiger partial charge is 0.385 e. The molecule has 0 fully saturated rings. The highest BCUT2D eigenvalue weighted by atomic mass is 16.5. The predicted molar refractivity (Wildman–Crippen MR) is 49.2 cm³/mol. The lowest BCUT2D eigenvalue weighted by Crippen LogP contribution is -2.17. The van der Waals surface area contributed by atoms with Gasteiger partial charge >= 0.3 is 0 Å². The maximum absolute atomic E-state index is 5.89. The van der Waals surface area contributed by atoms with E-state index in [1.807, 2.05) is 18.5 Å². The van der Waals surface area contributed by atoms with Gasteiger partial charge in [-0.05, 0) is 13.3 Å². The Hall–Kier alpha value is -0.940. The van der Waals surface area contributed by atoms with Gasteiger partial charge in [0.05, 0.1) is 6.04 Å². The Bertz CT molecular complexity index is 271. The van der Waals surface area contributed by atoms with E-state index in [2.05, 4.69) is 10.2 Å². The van der Waals surface area contributed by atoms with Crippen molar-refractivity contribution >= 4 is 0 Å². The third-order valence-corrected chi connectivity index (χ3v) is 2.09. The zero-order chi connectivity index (χ0) is 9.84. The summed E-state index contributed by atoms with van der Waals surface area (Å²) in [5, 5.41) is 7.94. The minimum absolute atomic E-state index is 0.0915. The quantitative estimate of drug-likeness (QED) is 0.724. The number of aromatic nitrogens is 3. The maximum atomic E-state index is 5.89. The summed E-state index contributed by atoms with van der Waals surface area (Å²) in [4.78, 5) is 0. The van der Waals surface area contributed by atoms with Crippen LogP contribution in [0.1, 0.15) is 24.1 Å². The highest BCUT2D eigenvalue weighted by Gasteiger charge is 2.12. The van der Waals surface area contributed by atoms with Crippen LogP contribution in [0.15, 0.2) is 0 Å². The lowest BCUT2D eigenvalue weighted by atomic mass is 10.2. The molecule has 0 spiro atoms. The average molecular weight is 184 g/mol. The third-order valence-electron chi connectivity index (χ3n) is 2.09. The van der Waals surface area contributed by atoms with Crippen LogP contribution < -0.4 is 5.73 Å². The second kappa shape index (κ2) is 4.34. The van der Waals surface area contributed by atoms with E-state index in [4.69, 9.17) is 10.5 Å². The van der Waals surface area contributed by atoms with E-state index >= 15 is 0 Å². The minimum Gasteiger partial charge on any atom is -0.385 e. The van der Waals surface area contributed by atoms with E-state index in [0.29, 0.717) is 6.61 Å². The molecule has 1 unspecified atom stereocenters. The van der Waals surface area contributed by atoms with Crippen molar-refractivity contribution in [3.63, 3.8) is 0 Å². The van der Waals surface area contributed by atoms with Crippen LogP contribution in [0, 0.1) is 6.92 Å². The van der Waals surface area contributed by atoms with Crippen LogP contribution in [0.3, 0.4) is 0 Å². The van der Waals surface area contributed by atoms with Gasteiger partial charge in [0, 0.05) is 20.8 Å². The van der Waals surface area contributed by atoms with E-state index in [0.717, 1.165) is 18.1 Å². The van der Waals surface area contributed by atoms with Gasteiger partial charge in [0.2, 0.25) is 0 Å². The van der Waals surface area contributed by atoms with E-state index in [-0.39, 0.29) is 6.04 Å². The van der Waals surface area contributed by atoms with E-state index in [1.54, 1.807) is 7.11 Å². The Labute approximate surface area is 77.9 Å². The standard InChI is InChI=1S/C8H16N4O/c1-6-10-11-8(12(6)2)7(9)4-5-13-3/h7H,4-5,9H2,1-3H3. The molecule has 5 nitrogen and oxygen atoms in total. The van der Waals surface area contributed by atoms with E-state index < -0.39 is 0 Å². The van der Waals surface area contributed by atoms with Gasteiger partial charge in [0.1, 0.15) is 11.6 Å². The molecule has 1 heterocycles. The van der Waals surface area contributed by atoms with E-state index in [9.17, 15) is 0 Å². The molecule has 0 aliphatic rings. The molecule has 0 aliphatic heterocycles. The molecular formula is C8H16N4O. The lowest BCUT2D eigenvalue weighted by Gasteiger charge is -2.09. The second-order valence-corrected chi connectivity index (χ2v) is 3.05. The summed E-state index contributed by atoms with van der Waals surface area (Å²) in [6.45, 7) is 2.55. The van der Waals surface area contributed by atoms with Gasteiger partial charge in [-0.25, -0.2) is 0 Å². The first-order valence-corrected chi connectivity index (χ1v) is 4.27. The van der Waals surface area contributed by atoms with Gasteiger partial charge in [0.25, 0.3) is 0 Å². The monoisotopic (exact) mass is 184 g/mol. The molecule has 0 saturated carbocycles. The number of rotatable bonds is 4. The number of hydrogen-bond donors (Lipinski definition) is 1. The van der Waals surface area contributed by atoms with Crippen LogP contribution in [-0.2, 0) is 11.8 Å². The highest BCUT2D eigenvalue weighted by molar-refractivity contribution is 4.97. The summed E-state index contributed by atoms with van der Waals surface area (Å²) in [5.74, 6) is 1.69. The molecule has 1 atom stereocenters. The Kier molecular flexibility index (Phi) is 3.39. The molecular weight excluding hydrogens is 168 g/mol. The number of nitrogens with zero attached hydrogens (tertiary/aromatic N) is 3. The molecule has 13 heavy (non-hydrogen) atoms. The van der Waals surface area contributed by atoms with Crippen molar-refractivity contribution in [2.75, 3.05) is 13.7 Å². The molecule has 1 aromatic rings. The Morgan fingerprint density at radius 3 is 2.69 bits per heavy atom. The van der Waals surface area contributed by atoms with Crippen molar-refractivity contribution in [1.82, 2.24) is 14.8 Å². The predicted octanol–water partition coefficient (Wildman–Crippen LogP) is 0.160. The summed E-state index contributed by atoms with van der Waals surface area (Å²) in [5.41, 5.74) is 5.89. The molecule has 0 aliphatic carbocycles. The first-order valence-electron chi connectivity index (χ1n) is 4.27. The van der Waals surface area contributed by atoms with Crippen LogP contribution in [0.4, 0.5) is 0 Å². The molecule has 2 N–H and O–H groups in total. The van der Waals surface area contributed by atoms with Gasteiger partial charge in [-0.1, -0.05) is 0 Å². The zero-order valence-corrected chi connectivity index (χ0v) is 8.32. The average Bonchev–Trinajstić information content (AvgIpc) is 2.44. The first kappa shape index (κ1) is 10.1. The molecule has 0 bridgehead atoms. The number of aryl methyl sites for hydroxylation is 1. The third kappa shape index (κ3) is 2.26. The van der Waals surface area contributed by atoms with Crippen LogP contribution in [0.5, 0.6) is 0 Å². The molecule has 0 radical (unpaired) electrons. The van der Waals surface area contributed by atoms with Crippen LogP contribution >= 0.6 is 0 Å². The van der Waals surface area contributed by atoms with Gasteiger partial charge in [0.15, 0.2) is 0 Å². The summed E-state index contributed by atoms with van der Waals surface area (Å²) in [6, 6.07) is -0.0915. The van der Waals surface area contributed by atoms with Crippen LogP contribution in [-0.4, -0.2) is 28.5 Å². The van der Waals surface area contributed by atoms with Crippen molar-refractivity contribution in [1.29, 1.82) is 0 Å². The van der Waals surface area contributed by atoms with Crippen molar-refractivity contribution in [2.45, 2.75) is 19.4 Å². The molecule has 5 heteroatoms. The van der Waals surface area contributed by atoms with E-state index in [1.165, 1.54) is 0 Å². The number of nitrogens with two attached hydrogens (primary N) is 1. The summed E-state index contributed by atoms with van der Waals surface area (Å²) in [7, 11) is 3.58. The Balaban J connectivity index is 2.65. The topological polar surface area (TPSA) is 66.0 Å². The molecule has 74 valence electrons. The number of hydrogen-bond acceptors (Lipinski definition) is 4. The van der Waals surface area contributed by atoms with Gasteiger partial charge < -0.3 is 15.0 Å². The second-order valence-electron chi connectivity index (χ2n) is 3.05. The van der Waals surface area contributed by atoms with Crippen molar-refractivity contribution in [3.05, 3.63) is 11.6 Å². The fourth-order valence-electron chi connectivity index (χ4n) is 1.12. The lowest BCUT2D eigenvalue weighted by molar-refractivity contribution is 0.186. The highest BCUT2D eigenvalue weighted by Crippen LogP contribution is 2.10. The first-order chi connectivity index (χ1) is 6.16. The van der Waals surface area contributed by atoms with Gasteiger partial charge in [-0.3, -0.25) is 0 Å². The smallest absolute Gasteiger partial charge is 0.149 e.